The number of ether oxygens (including phenoxy) is 1. The minimum Gasteiger partial charge on any atom is -0.384 e. The number of anilines is 2. The van der Waals surface area contributed by atoms with Crippen molar-refractivity contribution in [3.63, 3.8) is 0 Å². The van der Waals surface area contributed by atoms with E-state index >= 15 is 0 Å². The van der Waals surface area contributed by atoms with E-state index in [-0.39, 0.29) is 49.0 Å². The SMILES string of the molecule is Cl.Cl.Nc1ccc(NC(=O)C2CC(=O)N(CCN3CCOCC3)C2)cn1. The van der Waals surface area contributed by atoms with Crippen molar-refractivity contribution >= 4 is 48.1 Å². The molecule has 1 aromatic rings. The summed E-state index contributed by atoms with van der Waals surface area (Å²) < 4.78 is 5.32. The number of amides is 2. The number of pyridine rings is 1. The number of likely N-dealkylation sites (tertiary alicyclic amines) is 1. The van der Waals surface area contributed by atoms with E-state index in [1.807, 2.05) is 0 Å². The van der Waals surface area contributed by atoms with Crippen molar-refractivity contribution in [1.82, 2.24) is 14.8 Å². The number of hydrogen-bond donors (Lipinski definition) is 2. The molecule has 3 rings (SSSR count). The highest BCUT2D eigenvalue weighted by atomic mass is 35.5. The fourth-order valence-corrected chi connectivity index (χ4v) is 2.97. The predicted octanol–water partition coefficient (Wildman–Crippen LogP) is 0.627. The van der Waals surface area contributed by atoms with Gasteiger partial charge in [0.25, 0.3) is 0 Å². The molecule has 3 heterocycles. The molecule has 26 heavy (non-hydrogen) atoms. The highest BCUT2D eigenvalue weighted by Crippen LogP contribution is 2.20. The van der Waals surface area contributed by atoms with E-state index in [1.165, 1.54) is 6.20 Å². The Morgan fingerprint density at radius 2 is 2.00 bits per heavy atom. The molecular formula is C16H25Cl2N5O3. The second-order valence-electron chi connectivity index (χ2n) is 6.16. The van der Waals surface area contributed by atoms with Crippen molar-refractivity contribution in [1.29, 1.82) is 0 Å². The van der Waals surface area contributed by atoms with Crippen LogP contribution in [0.15, 0.2) is 18.3 Å². The maximum absolute atomic E-state index is 12.3. The van der Waals surface area contributed by atoms with Crippen LogP contribution in [0, 0.1) is 5.92 Å². The van der Waals surface area contributed by atoms with Gasteiger partial charge in [0.1, 0.15) is 5.82 Å². The van der Waals surface area contributed by atoms with Crippen molar-refractivity contribution in [2.75, 3.05) is 57.0 Å². The first kappa shape index (κ1) is 22.4. The van der Waals surface area contributed by atoms with Crippen LogP contribution in [0.25, 0.3) is 0 Å². The van der Waals surface area contributed by atoms with Crippen LogP contribution < -0.4 is 11.1 Å². The molecule has 0 bridgehead atoms. The number of nitrogen functional groups attached to an aromatic ring is 1. The molecule has 8 nitrogen and oxygen atoms in total. The molecule has 1 atom stereocenters. The number of carbonyl (C=O) groups is 2. The summed E-state index contributed by atoms with van der Waals surface area (Å²) in [4.78, 5) is 32.5. The third-order valence-electron chi connectivity index (χ3n) is 4.43. The number of hydrogen-bond acceptors (Lipinski definition) is 6. The van der Waals surface area contributed by atoms with Crippen LogP contribution >= 0.6 is 24.8 Å². The Hall–Kier alpha value is -1.61. The van der Waals surface area contributed by atoms with Crippen molar-refractivity contribution < 1.29 is 14.3 Å². The average molecular weight is 406 g/mol. The molecule has 3 N–H and O–H groups in total. The summed E-state index contributed by atoms with van der Waals surface area (Å²) in [7, 11) is 0. The number of rotatable bonds is 5. The van der Waals surface area contributed by atoms with Gasteiger partial charge in [-0.2, -0.15) is 0 Å². The molecule has 2 fully saturated rings. The minimum absolute atomic E-state index is 0. The van der Waals surface area contributed by atoms with E-state index in [1.54, 1.807) is 17.0 Å². The number of aromatic nitrogens is 1. The Bertz CT molecular complexity index is 596. The third-order valence-corrected chi connectivity index (χ3v) is 4.43. The van der Waals surface area contributed by atoms with Crippen LogP contribution in [-0.4, -0.2) is 72.5 Å². The van der Waals surface area contributed by atoms with Crippen LogP contribution in [-0.2, 0) is 14.3 Å². The van der Waals surface area contributed by atoms with Crippen LogP contribution in [0.1, 0.15) is 6.42 Å². The lowest BCUT2D eigenvalue weighted by Gasteiger charge is -2.28. The van der Waals surface area contributed by atoms with Crippen molar-refractivity contribution in [3.05, 3.63) is 18.3 Å². The van der Waals surface area contributed by atoms with Gasteiger partial charge in [-0.1, -0.05) is 0 Å². The molecule has 2 saturated heterocycles. The standard InChI is InChI=1S/C16H23N5O3.2ClH/c17-14-2-1-13(10-18-14)19-16(23)12-9-15(22)21(11-12)4-3-20-5-7-24-8-6-20;;/h1-2,10,12H,3-9,11H2,(H2,17,18)(H,19,23);2*1H. The number of carbonyl (C=O) groups excluding carboxylic acids is 2. The van der Waals surface area contributed by atoms with Crippen molar-refractivity contribution in [2.45, 2.75) is 6.42 Å². The van der Waals surface area contributed by atoms with Gasteiger partial charge in [-0.25, -0.2) is 4.98 Å². The van der Waals surface area contributed by atoms with Gasteiger partial charge in [0.05, 0.1) is 31.0 Å². The number of nitrogens with one attached hydrogen (secondary N) is 1. The third kappa shape index (κ3) is 5.98. The van der Waals surface area contributed by atoms with Gasteiger partial charge in [-0.05, 0) is 12.1 Å². The molecule has 0 aliphatic carbocycles. The molecule has 1 unspecified atom stereocenters. The number of halogens is 2. The Labute approximate surface area is 165 Å². The van der Waals surface area contributed by atoms with E-state index < -0.39 is 0 Å². The molecular weight excluding hydrogens is 381 g/mol. The summed E-state index contributed by atoms with van der Waals surface area (Å²) in [5.74, 6) is -0.0271. The quantitative estimate of drug-likeness (QED) is 0.744. The van der Waals surface area contributed by atoms with E-state index in [9.17, 15) is 9.59 Å². The van der Waals surface area contributed by atoms with Gasteiger partial charge in [-0.15, -0.1) is 24.8 Å². The summed E-state index contributed by atoms with van der Waals surface area (Å²) in [6, 6.07) is 3.33. The van der Waals surface area contributed by atoms with Crippen LogP contribution in [0.4, 0.5) is 11.5 Å². The van der Waals surface area contributed by atoms with Crippen LogP contribution in [0.2, 0.25) is 0 Å². The van der Waals surface area contributed by atoms with Crippen LogP contribution in [0.3, 0.4) is 0 Å². The van der Waals surface area contributed by atoms with Crippen molar-refractivity contribution in [3.8, 4) is 0 Å². The zero-order valence-electron chi connectivity index (χ0n) is 14.4. The number of morpholine rings is 1. The van der Waals surface area contributed by atoms with Crippen LogP contribution in [0.5, 0.6) is 0 Å². The molecule has 2 amide bonds. The molecule has 0 saturated carbocycles. The van der Waals surface area contributed by atoms with E-state index in [2.05, 4.69) is 15.2 Å². The van der Waals surface area contributed by atoms with E-state index in [0.717, 1.165) is 32.8 Å². The Morgan fingerprint density at radius 1 is 1.27 bits per heavy atom. The summed E-state index contributed by atoms with van der Waals surface area (Å²) in [5.41, 5.74) is 6.12. The van der Waals surface area contributed by atoms with Gasteiger partial charge in [0.15, 0.2) is 0 Å². The van der Waals surface area contributed by atoms with Gasteiger partial charge in [-0.3, -0.25) is 14.5 Å². The van der Waals surface area contributed by atoms with Gasteiger partial charge in [0.2, 0.25) is 11.8 Å². The molecule has 1 aromatic heterocycles. The first-order valence-electron chi connectivity index (χ1n) is 8.22. The second-order valence-corrected chi connectivity index (χ2v) is 6.16. The second kappa shape index (κ2) is 10.5. The lowest BCUT2D eigenvalue weighted by atomic mass is 10.1. The van der Waals surface area contributed by atoms with Crippen molar-refractivity contribution in [2.24, 2.45) is 5.92 Å². The monoisotopic (exact) mass is 405 g/mol. The number of nitrogens with zero attached hydrogens (tertiary/aromatic N) is 3. The fourth-order valence-electron chi connectivity index (χ4n) is 2.97. The molecule has 0 spiro atoms. The zero-order chi connectivity index (χ0) is 16.9. The molecule has 0 aromatic carbocycles. The Kier molecular flexibility index (Phi) is 9.07. The average Bonchev–Trinajstić information content (AvgIpc) is 2.97. The first-order chi connectivity index (χ1) is 11.6. The van der Waals surface area contributed by atoms with E-state index in [0.29, 0.717) is 24.6 Å². The van der Waals surface area contributed by atoms with Gasteiger partial charge in [0, 0.05) is 39.1 Å². The molecule has 2 aliphatic rings. The maximum atomic E-state index is 12.3. The molecule has 10 heteroatoms. The minimum atomic E-state index is -0.320. The fraction of sp³-hybridized carbons (Fsp3) is 0.562. The largest absolute Gasteiger partial charge is 0.384 e. The Balaban J connectivity index is 0.00000169. The van der Waals surface area contributed by atoms with Gasteiger partial charge < -0.3 is 20.7 Å². The first-order valence-corrected chi connectivity index (χ1v) is 8.22. The molecule has 2 aliphatic heterocycles. The van der Waals surface area contributed by atoms with E-state index in [4.69, 9.17) is 10.5 Å². The highest BCUT2D eigenvalue weighted by molar-refractivity contribution is 5.97. The normalized spacial score (nSPS) is 20.2. The molecule has 0 radical (unpaired) electrons. The topological polar surface area (TPSA) is 101 Å². The zero-order valence-corrected chi connectivity index (χ0v) is 16.1. The predicted molar refractivity (Wildman–Crippen MR) is 104 cm³/mol. The van der Waals surface area contributed by atoms with Gasteiger partial charge >= 0.3 is 0 Å². The lowest BCUT2D eigenvalue weighted by Crippen LogP contribution is -2.42. The summed E-state index contributed by atoms with van der Waals surface area (Å²) in [6.45, 7) is 5.24. The summed E-state index contributed by atoms with van der Waals surface area (Å²) >= 11 is 0. The maximum Gasteiger partial charge on any atom is 0.229 e. The summed E-state index contributed by atoms with van der Waals surface area (Å²) in [6.07, 6.45) is 1.78. The summed E-state index contributed by atoms with van der Waals surface area (Å²) in [5, 5.41) is 2.79. The molecule has 146 valence electrons. The smallest absolute Gasteiger partial charge is 0.229 e. The highest BCUT2D eigenvalue weighted by Gasteiger charge is 2.34. The number of nitrogens with two attached hydrogens (primary N) is 1. The lowest BCUT2D eigenvalue weighted by molar-refractivity contribution is -0.128. The Morgan fingerprint density at radius 3 is 2.65 bits per heavy atom.